The Bertz CT molecular complexity index is 769. The molecule has 4 rings (SSSR count). The lowest BCUT2D eigenvalue weighted by Gasteiger charge is -2.40. The Morgan fingerprint density at radius 3 is 2.69 bits per heavy atom. The minimum atomic E-state index is -2.72. The van der Waals surface area contributed by atoms with Gasteiger partial charge in [-0.25, -0.2) is 8.78 Å². The Morgan fingerprint density at radius 2 is 1.96 bits per heavy atom. The number of alkyl halides is 2. The van der Waals surface area contributed by atoms with Gasteiger partial charge >= 0.3 is 0 Å². The van der Waals surface area contributed by atoms with Gasteiger partial charge in [-0.1, -0.05) is 30.3 Å². The predicted octanol–water partition coefficient (Wildman–Crippen LogP) is 2.35. The summed E-state index contributed by atoms with van der Waals surface area (Å²) in [6.07, 6.45) is 2.89. The van der Waals surface area contributed by atoms with Gasteiger partial charge in [0.05, 0.1) is 31.2 Å². The van der Waals surface area contributed by atoms with Crippen molar-refractivity contribution in [3.63, 3.8) is 0 Å². The molecule has 1 saturated heterocycles. The molecule has 1 aromatic carbocycles. The Kier molecular flexibility index (Phi) is 4.48. The molecule has 2 aliphatic rings. The van der Waals surface area contributed by atoms with Crippen molar-refractivity contribution in [2.24, 2.45) is 0 Å². The van der Waals surface area contributed by atoms with Crippen molar-refractivity contribution in [2.75, 3.05) is 26.2 Å². The van der Waals surface area contributed by atoms with E-state index in [0.29, 0.717) is 6.54 Å². The molecule has 0 unspecified atom stereocenters. The van der Waals surface area contributed by atoms with Crippen molar-refractivity contribution < 1.29 is 13.6 Å². The van der Waals surface area contributed by atoms with Crippen LogP contribution in [0.5, 0.6) is 0 Å². The van der Waals surface area contributed by atoms with Gasteiger partial charge in [0.1, 0.15) is 0 Å². The van der Waals surface area contributed by atoms with Crippen LogP contribution in [-0.4, -0.2) is 57.6 Å². The highest BCUT2D eigenvalue weighted by Crippen LogP contribution is 2.30. The van der Waals surface area contributed by atoms with E-state index in [1.54, 1.807) is 6.20 Å². The second kappa shape index (κ2) is 6.79. The van der Waals surface area contributed by atoms with E-state index in [9.17, 15) is 13.6 Å². The largest absolute Gasteiger partial charge is 0.330 e. The van der Waals surface area contributed by atoms with E-state index in [1.165, 1.54) is 10.5 Å². The molecule has 0 radical (unpaired) electrons. The van der Waals surface area contributed by atoms with E-state index in [1.807, 2.05) is 28.9 Å². The van der Waals surface area contributed by atoms with Crippen molar-refractivity contribution in [1.82, 2.24) is 19.6 Å². The number of hydrogen-bond donors (Lipinski definition) is 0. The molecule has 0 bridgehead atoms. The average Bonchev–Trinajstić information content (AvgIpc) is 3.07. The summed E-state index contributed by atoms with van der Waals surface area (Å²) < 4.78 is 27.9. The number of amides is 1. The van der Waals surface area contributed by atoms with Gasteiger partial charge in [0.15, 0.2) is 0 Å². The molecule has 5 nitrogen and oxygen atoms in total. The molecule has 2 aromatic rings. The van der Waals surface area contributed by atoms with Crippen LogP contribution in [0.4, 0.5) is 8.78 Å². The van der Waals surface area contributed by atoms with Crippen molar-refractivity contribution in [3.05, 3.63) is 53.9 Å². The van der Waals surface area contributed by atoms with Gasteiger partial charge in [0.2, 0.25) is 5.91 Å². The molecule has 0 aliphatic carbocycles. The third kappa shape index (κ3) is 3.62. The van der Waals surface area contributed by atoms with Gasteiger partial charge in [-0.15, -0.1) is 0 Å². The molecule has 1 atom stereocenters. The predicted molar refractivity (Wildman–Crippen MR) is 92.8 cm³/mol. The van der Waals surface area contributed by atoms with Gasteiger partial charge in [-0.2, -0.15) is 5.10 Å². The highest BCUT2D eigenvalue weighted by molar-refractivity contribution is 5.77. The molecule has 0 spiro atoms. The second-order valence-electron chi connectivity index (χ2n) is 7.20. The van der Waals surface area contributed by atoms with Gasteiger partial charge in [-0.05, 0) is 18.1 Å². The number of carbonyl (C=O) groups excluding carboxylic acids is 1. The molecule has 7 heteroatoms. The Morgan fingerprint density at radius 1 is 1.19 bits per heavy atom. The third-order valence-electron chi connectivity index (χ3n) is 5.12. The first-order valence-electron chi connectivity index (χ1n) is 8.94. The van der Waals surface area contributed by atoms with Gasteiger partial charge in [0, 0.05) is 25.8 Å². The number of rotatable bonds is 5. The summed E-state index contributed by atoms with van der Waals surface area (Å²) in [4.78, 5) is 15.9. The number of nitrogens with zero attached hydrogens (tertiary/aromatic N) is 4. The maximum absolute atomic E-state index is 13.0. The molecule has 26 heavy (non-hydrogen) atoms. The van der Waals surface area contributed by atoms with Crippen LogP contribution < -0.4 is 0 Å². The van der Waals surface area contributed by atoms with Crippen molar-refractivity contribution in [1.29, 1.82) is 0 Å². The zero-order valence-electron chi connectivity index (χ0n) is 14.5. The first-order valence-corrected chi connectivity index (χ1v) is 8.94. The van der Waals surface area contributed by atoms with Gasteiger partial charge in [-0.3, -0.25) is 14.4 Å². The maximum Gasteiger partial charge on any atom is 0.282 e. The average molecular weight is 360 g/mol. The van der Waals surface area contributed by atoms with Crippen LogP contribution in [0.2, 0.25) is 0 Å². The second-order valence-corrected chi connectivity index (χ2v) is 7.20. The number of fused-ring (bicyclic) bond motifs is 1. The molecule has 138 valence electrons. The van der Waals surface area contributed by atoms with Crippen LogP contribution in [0.3, 0.4) is 0 Å². The van der Waals surface area contributed by atoms with E-state index in [0.717, 1.165) is 25.2 Å². The summed E-state index contributed by atoms with van der Waals surface area (Å²) in [5.74, 6) is -2.94. The number of aromatic nitrogens is 2. The third-order valence-corrected chi connectivity index (χ3v) is 5.12. The quantitative estimate of drug-likeness (QED) is 0.822. The summed E-state index contributed by atoms with van der Waals surface area (Å²) >= 11 is 0. The molecular formula is C19H22F2N4O. The molecule has 1 amide bonds. The number of carbonyl (C=O) groups is 1. The number of benzene rings is 1. The van der Waals surface area contributed by atoms with Crippen LogP contribution in [0, 0.1) is 0 Å². The van der Waals surface area contributed by atoms with E-state index in [4.69, 9.17) is 0 Å². The topological polar surface area (TPSA) is 41.4 Å². The Balaban J connectivity index is 1.39. The summed E-state index contributed by atoms with van der Waals surface area (Å²) in [7, 11) is 0. The molecule has 1 fully saturated rings. The van der Waals surface area contributed by atoms with Gasteiger partial charge < -0.3 is 4.90 Å². The van der Waals surface area contributed by atoms with E-state index in [2.05, 4.69) is 22.1 Å². The summed E-state index contributed by atoms with van der Waals surface area (Å²) in [6.45, 7) is 1.48. The lowest BCUT2D eigenvalue weighted by Crippen LogP contribution is -2.58. The van der Waals surface area contributed by atoms with E-state index in [-0.39, 0.29) is 18.4 Å². The van der Waals surface area contributed by atoms with Crippen molar-refractivity contribution >= 4 is 5.91 Å². The standard InChI is InChI=1S/C19H22F2N4O/c20-19(21)13-24(14-19)18(26)10-17-12-23(11-16-6-8-22-25(16)17)9-7-15-4-2-1-3-5-15/h1-6,8,17H,7,9-14H2/t17-/m1/s1. The molecule has 3 heterocycles. The number of likely N-dealkylation sites (tertiary alicyclic amines) is 1. The molecular weight excluding hydrogens is 338 g/mol. The van der Waals surface area contributed by atoms with Crippen LogP contribution in [0.1, 0.15) is 23.7 Å². The Hall–Kier alpha value is -2.28. The monoisotopic (exact) mass is 360 g/mol. The molecule has 2 aliphatic heterocycles. The van der Waals surface area contributed by atoms with Crippen LogP contribution in [0.15, 0.2) is 42.6 Å². The summed E-state index contributed by atoms with van der Waals surface area (Å²) in [6, 6.07) is 12.1. The highest BCUT2D eigenvalue weighted by Gasteiger charge is 2.46. The molecule has 0 N–H and O–H groups in total. The first-order chi connectivity index (χ1) is 12.5. The first kappa shape index (κ1) is 17.1. The van der Waals surface area contributed by atoms with Crippen molar-refractivity contribution in [3.8, 4) is 0 Å². The fourth-order valence-corrected chi connectivity index (χ4v) is 3.74. The summed E-state index contributed by atoms with van der Waals surface area (Å²) in [5.41, 5.74) is 2.35. The minimum Gasteiger partial charge on any atom is -0.330 e. The van der Waals surface area contributed by atoms with E-state index < -0.39 is 19.0 Å². The molecule has 1 aromatic heterocycles. The highest BCUT2D eigenvalue weighted by atomic mass is 19.3. The molecule has 0 saturated carbocycles. The number of halogens is 2. The zero-order valence-corrected chi connectivity index (χ0v) is 14.5. The zero-order chi connectivity index (χ0) is 18.1. The summed E-state index contributed by atoms with van der Waals surface area (Å²) in [5, 5.41) is 4.35. The number of hydrogen-bond acceptors (Lipinski definition) is 3. The van der Waals surface area contributed by atoms with Crippen molar-refractivity contribution in [2.45, 2.75) is 31.4 Å². The lowest BCUT2D eigenvalue weighted by molar-refractivity contribution is -0.166. The smallest absolute Gasteiger partial charge is 0.282 e. The SMILES string of the molecule is O=C(C[C@@H]1CN(CCc2ccccc2)Cc2ccnn21)N1CC(F)(F)C1. The lowest BCUT2D eigenvalue weighted by atomic mass is 10.1. The van der Waals surface area contributed by atoms with Gasteiger partial charge in [0.25, 0.3) is 5.92 Å². The van der Waals surface area contributed by atoms with Crippen LogP contribution in [0.25, 0.3) is 0 Å². The van der Waals surface area contributed by atoms with Crippen LogP contribution in [-0.2, 0) is 17.8 Å². The Labute approximate surface area is 151 Å². The fourth-order valence-electron chi connectivity index (χ4n) is 3.74. The van der Waals surface area contributed by atoms with Crippen LogP contribution >= 0.6 is 0 Å². The normalized spacial score (nSPS) is 21.9. The van der Waals surface area contributed by atoms with E-state index >= 15 is 0 Å². The fraction of sp³-hybridized carbons (Fsp3) is 0.474. The minimum absolute atomic E-state index is 0.105. The maximum atomic E-state index is 13.0.